The first-order valence-corrected chi connectivity index (χ1v) is 26.6. The van der Waals surface area contributed by atoms with Crippen molar-refractivity contribution in [1.82, 2.24) is 26.0 Å². The predicted molar refractivity (Wildman–Crippen MR) is 283 cm³/mol. The van der Waals surface area contributed by atoms with Crippen LogP contribution >= 0.6 is 0 Å². The van der Waals surface area contributed by atoms with Crippen molar-refractivity contribution in [2.24, 2.45) is 23.2 Å². The molecule has 0 unspecified atom stereocenters. The number of aliphatic hydroxyl groups excluding tert-OH is 2. The molecule has 3 saturated heterocycles. The summed E-state index contributed by atoms with van der Waals surface area (Å²) >= 11 is 0. The van der Waals surface area contributed by atoms with Crippen LogP contribution < -0.4 is 20.9 Å². The van der Waals surface area contributed by atoms with E-state index in [9.17, 15) is 34.5 Å². The number of rotatable bonds is 13. The van der Waals surface area contributed by atoms with Gasteiger partial charge in [0, 0.05) is 54.6 Å². The number of methoxy groups -OCH3 is 1. The molecule has 0 bridgehead atoms. The van der Waals surface area contributed by atoms with Gasteiger partial charge in [-0.15, -0.1) is 0 Å². The average molecular weight is 1070 g/mol. The van der Waals surface area contributed by atoms with Gasteiger partial charge in [-0.05, 0) is 98.6 Å². The number of nitrogens with one attached hydrogen (secondary N) is 3. The van der Waals surface area contributed by atoms with E-state index < -0.39 is 114 Å². The first-order chi connectivity index (χ1) is 35.8. The van der Waals surface area contributed by atoms with Gasteiger partial charge in [0.25, 0.3) is 5.91 Å². The van der Waals surface area contributed by atoms with Crippen molar-refractivity contribution in [3.8, 4) is 5.75 Å². The Morgan fingerprint density at radius 3 is 2.17 bits per heavy atom. The van der Waals surface area contributed by atoms with Crippen molar-refractivity contribution in [3.63, 3.8) is 0 Å². The van der Waals surface area contributed by atoms with Crippen LogP contribution in [0, 0.1) is 23.2 Å². The van der Waals surface area contributed by atoms with Gasteiger partial charge in [0.05, 0.1) is 43.0 Å². The highest BCUT2D eigenvalue weighted by atomic mass is 16.7. The average Bonchev–Trinajstić information content (AvgIpc) is 3.36. The fraction of sp³-hybridized carbons (Fsp3) is 0.679. The van der Waals surface area contributed by atoms with Gasteiger partial charge in [0.2, 0.25) is 0 Å². The zero-order chi connectivity index (χ0) is 56.2. The Kier molecular flexibility index (Phi) is 22.5. The number of carbonyl (C=O) groups excluding carboxylic acids is 4. The molecule has 0 aromatic heterocycles. The first-order valence-electron chi connectivity index (χ1n) is 26.6. The number of para-hydroxylation sites is 1. The number of aliphatic hydroxyl groups is 3. The van der Waals surface area contributed by atoms with Crippen molar-refractivity contribution in [3.05, 3.63) is 71.8 Å². The summed E-state index contributed by atoms with van der Waals surface area (Å²) < 4.78 is 50.0. The lowest BCUT2D eigenvalue weighted by Gasteiger charge is -2.49. The maximum Gasteiger partial charge on any atom is 0.426 e. The summed E-state index contributed by atoms with van der Waals surface area (Å²) in [6, 6.07) is 15.5. The number of nitrogens with zero attached hydrogens (tertiary/aromatic N) is 2. The van der Waals surface area contributed by atoms with Gasteiger partial charge >= 0.3 is 18.2 Å². The Bertz CT molecular complexity index is 2220. The van der Waals surface area contributed by atoms with Crippen LogP contribution in [-0.4, -0.2) is 169 Å². The van der Waals surface area contributed by atoms with E-state index in [1.807, 2.05) is 95.9 Å². The molecular formula is C56H87N5O15. The molecule has 3 fully saturated rings. The topological polar surface area (TPSA) is 245 Å². The molecule has 3 aliphatic rings. The van der Waals surface area contributed by atoms with Crippen LogP contribution in [0.25, 0.3) is 6.08 Å². The van der Waals surface area contributed by atoms with E-state index in [1.165, 1.54) is 13.2 Å². The second-order valence-electron chi connectivity index (χ2n) is 22.3. The van der Waals surface area contributed by atoms with Crippen LogP contribution in [0.5, 0.6) is 5.75 Å². The minimum atomic E-state index is -1.67. The molecule has 0 aliphatic carbocycles. The van der Waals surface area contributed by atoms with E-state index in [2.05, 4.69) is 16.2 Å². The lowest BCUT2D eigenvalue weighted by atomic mass is 9.77. The van der Waals surface area contributed by atoms with Gasteiger partial charge in [0.1, 0.15) is 36.3 Å². The molecule has 20 nitrogen and oxygen atoms in total. The van der Waals surface area contributed by atoms with E-state index >= 15 is 0 Å². The number of hydrazine groups is 1. The highest BCUT2D eigenvalue weighted by Crippen LogP contribution is 2.42. The van der Waals surface area contributed by atoms with E-state index in [0.29, 0.717) is 24.3 Å². The summed E-state index contributed by atoms with van der Waals surface area (Å²) in [4.78, 5) is 58.0. The maximum absolute atomic E-state index is 14.8. The number of carbonyl (C=O) groups is 4. The zero-order valence-electron chi connectivity index (χ0n) is 47.0. The number of alkyl carbamates (subject to hydrolysis) is 1. The van der Waals surface area contributed by atoms with Crippen LogP contribution in [0.2, 0.25) is 0 Å². The molecule has 76 heavy (non-hydrogen) atoms. The van der Waals surface area contributed by atoms with Crippen molar-refractivity contribution in [2.75, 3.05) is 34.8 Å². The molecule has 3 aliphatic heterocycles. The van der Waals surface area contributed by atoms with Crippen LogP contribution in [0.3, 0.4) is 0 Å². The van der Waals surface area contributed by atoms with Crippen molar-refractivity contribution >= 4 is 30.1 Å². The molecule has 2 aromatic rings. The van der Waals surface area contributed by atoms with Gasteiger partial charge in [0.15, 0.2) is 12.6 Å². The summed E-state index contributed by atoms with van der Waals surface area (Å²) in [7, 11) is 7.09. The van der Waals surface area contributed by atoms with Crippen LogP contribution in [0.4, 0.5) is 9.59 Å². The molecule has 2 aromatic carbocycles. The fourth-order valence-electron chi connectivity index (χ4n) is 11.0. The number of esters is 1. The minimum absolute atomic E-state index is 0.144. The lowest BCUT2D eigenvalue weighted by molar-refractivity contribution is -0.312. The highest BCUT2D eigenvalue weighted by molar-refractivity contribution is 5.92. The summed E-state index contributed by atoms with van der Waals surface area (Å²) in [5.41, 5.74) is 3.64. The zero-order valence-corrected chi connectivity index (χ0v) is 47.0. The van der Waals surface area contributed by atoms with Crippen molar-refractivity contribution in [2.45, 2.75) is 187 Å². The Hall–Kier alpha value is -4.90. The van der Waals surface area contributed by atoms with Crippen LogP contribution in [-0.2, 0) is 49.3 Å². The largest absolute Gasteiger partial charge is 0.496 e. The summed E-state index contributed by atoms with van der Waals surface area (Å²) in [6.07, 6.45) is -9.31. The normalized spacial score (nSPS) is 35.0. The number of benzene rings is 2. The van der Waals surface area contributed by atoms with E-state index in [4.69, 9.17) is 37.9 Å². The fourth-order valence-corrected chi connectivity index (χ4v) is 11.0. The Balaban J connectivity index is 1.44. The van der Waals surface area contributed by atoms with Gasteiger partial charge in [-0.2, -0.15) is 0 Å². The smallest absolute Gasteiger partial charge is 0.426 e. The monoisotopic (exact) mass is 1070 g/mol. The molecule has 0 saturated carbocycles. The van der Waals surface area contributed by atoms with Crippen molar-refractivity contribution < 1.29 is 72.4 Å². The molecule has 20 heteroatoms. The van der Waals surface area contributed by atoms with E-state index in [0.717, 1.165) is 5.56 Å². The third-order valence-electron chi connectivity index (χ3n) is 15.1. The molecular weight excluding hydrogens is 983 g/mol. The second-order valence-corrected chi connectivity index (χ2v) is 22.3. The van der Waals surface area contributed by atoms with E-state index in [-0.39, 0.29) is 43.9 Å². The molecule has 0 spiro atoms. The molecule has 6 N–H and O–H groups in total. The summed E-state index contributed by atoms with van der Waals surface area (Å²) in [5.74, 6) is -3.03. The number of likely N-dealkylation sites (N-methyl/N-ethyl adjacent to an activating group) is 2. The van der Waals surface area contributed by atoms with Crippen LogP contribution in [0.15, 0.2) is 60.7 Å². The Morgan fingerprint density at radius 2 is 1.53 bits per heavy atom. The number of cyclic esters (lactones) is 1. The van der Waals surface area contributed by atoms with Crippen LogP contribution in [0.1, 0.15) is 106 Å². The molecule has 5 rings (SSSR count). The molecule has 17 atom stereocenters. The Morgan fingerprint density at radius 1 is 0.855 bits per heavy atom. The molecule has 0 radical (unpaired) electrons. The van der Waals surface area contributed by atoms with Gasteiger partial charge < -0.3 is 63.4 Å². The minimum Gasteiger partial charge on any atom is -0.496 e. The maximum atomic E-state index is 14.8. The van der Waals surface area contributed by atoms with E-state index in [1.54, 1.807) is 65.0 Å². The number of ether oxygens (including phenoxy) is 8. The third-order valence-corrected chi connectivity index (χ3v) is 15.1. The quantitative estimate of drug-likeness (QED) is 0.0623. The standard InChI is InChI=1S/C56H87N5O15/c1-15-41-46(64)48(74-53(66)57-30-38-21-17-16-18-22-38)36(6)61(13)31-32(2)28-56(10,68)49(75-52-45(63)40(60(11)12)27-33(3)70-52)34(4)47(35(5)51(65)72-41)73-44-29-55(8,9)50(37(7)71-44)76-54(67)59-58-43(62)26-25-39-23-19-20-24-42(39)69-14/h16-26,32-37,40-41,44-50,52,63-64,68H,15,27-31H2,1-14H3,(H,57,66)(H,58,62)(H,59,67)/b26-25+/t32-,33-,34+,35-,36-,37+,40+,41-,44+,45-,46+,47+,48-,49-,50+,52+,56+/m1/s1. The summed E-state index contributed by atoms with van der Waals surface area (Å²) in [6.45, 7) is 18.5. The predicted octanol–water partition coefficient (Wildman–Crippen LogP) is 5.55. The van der Waals surface area contributed by atoms with Crippen molar-refractivity contribution in [1.29, 1.82) is 0 Å². The number of hydrogen-bond acceptors (Lipinski definition) is 17. The first kappa shape index (κ1) is 61.9. The third kappa shape index (κ3) is 16.6. The Labute approximate surface area is 449 Å². The summed E-state index contributed by atoms with van der Waals surface area (Å²) in [5, 5.41) is 39.6. The number of amides is 3. The lowest BCUT2D eigenvalue weighted by Crippen LogP contribution is -2.60. The second kappa shape index (κ2) is 27.6. The number of hydrogen-bond donors (Lipinski definition) is 6. The molecule has 3 heterocycles. The highest BCUT2D eigenvalue weighted by Gasteiger charge is 2.52. The molecule has 3 amide bonds. The molecule has 426 valence electrons. The van der Waals surface area contributed by atoms with Gasteiger partial charge in [-0.1, -0.05) is 83.1 Å². The SMILES string of the molecule is CC[C@H]1OC(=O)[C@H](C)[C@@H](O[C@H]2CC(C)(C)[C@@H](OC(=O)NNC(=O)/C=C/c3ccccc3OC)[C@H](C)O2)[C@H](C)[C@@H](O[C@@H]2O[C@H](C)C[C@H](N(C)C)[C@H]2O)[C@@](C)(O)C[C@@H](C)CN(C)[C@H](C)[C@@H](OC(=O)NCc2ccccc2)[C@H]1O. The van der Waals surface area contributed by atoms with Gasteiger partial charge in [-0.3, -0.25) is 19.9 Å². The van der Waals surface area contributed by atoms with Gasteiger partial charge in [-0.25, -0.2) is 15.0 Å².